The van der Waals surface area contributed by atoms with Crippen LogP contribution in [0.4, 0.5) is 0 Å². The van der Waals surface area contributed by atoms with Gasteiger partial charge in [0.25, 0.3) is 0 Å². The molecule has 0 radical (unpaired) electrons. The van der Waals surface area contributed by atoms with Crippen LogP contribution in [0.2, 0.25) is 0 Å². The van der Waals surface area contributed by atoms with Crippen molar-refractivity contribution in [2.75, 3.05) is 0 Å². The van der Waals surface area contributed by atoms with Gasteiger partial charge in [-0.15, -0.1) is 0 Å². The number of oxime groups is 1. The third-order valence-corrected chi connectivity index (χ3v) is 3.47. The van der Waals surface area contributed by atoms with E-state index in [2.05, 4.69) is 56.6 Å². The van der Waals surface area contributed by atoms with Crippen LogP contribution in [0.1, 0.15) is 17.0 Å². The summed E-state index contributed by atoms with van der Waals surface area (Å²) < 4.78 is 3.36. The zero-order valence-electron chi connectivity index (χ0n) is 9.68. The Kier molecular flexibility index (Phi) is 3.51. The van der Waals surface area contributed by atoms with E-state index in [4.69, 9.17) is 5.21 Å². The summed E-state index contributed by atoms with van der Waals surface area (Å²) in [5, 5.41) is 11.7. The Labute approximate surface area is 114 Å². The monoisotopic (exact) mass is 340 g/mol. The summed E-state index contributed by atoms with van der Waals surface area (Å²) in [5.41, 5.74) is 4.25. The van der Waals surface area contributed by atoms with Gasteiger partial charge in [-0.3, -0.25) is 0 Å². The fourth-order valence-electron chi connectivity index (χ4n) is 1.97. The maximum Gasteiger partial charge on any atom is 0.0752 e. The van der Waals surface area contributed by atoms with Crippen molar-refractivity contribution in [3.05, 3.63) is 50.9 Å². The second kappa shape index (κ2) is 4.91. The number of halogens is 1. The van der Waals surface area contributed by atoms with Crippen molar-refractivity contribution in [1.82, 2.24) is 4.57 Å². The van der Waals surface area contributed by atoms with Gasteiger partial charge in [0.2, 0.25) is 0 Å². The Bertz CT molecular complexity index is 556. The number of benzene rings is 1. The lowest BCUT2D eigenvalue weighted by Crippen LogP contribution is -1.99. The Balaban J connectivity index is 2.55. The number of aromatic nitrogens is 1. The first-order valence-electron chi connectivity index (χ1n) is 5.26. The van der Waals surface area contributed by atoms with Crippen LogP contribution in [0.15, 0.2) is 35.5 Å². The van der Waals surface area contributed by atoms with Crippen LogP contribution in [0, 0.1) is 17.4 Å². The van der Waals surface area contributed by atoms with Crippen molar-refractivity contribution >= 4 is 28.8 Å². The highest BCUT2D eigenvalue weighted by Crippen LogP contribution is 2.20. The first-order chi connectivity index (χ1) is 8.13. The quantitative estimate of drug-likeness (QED) is 0.386. The van der Waals surface area contributed by atoms with E-state index >= 15 is 0 Å². The topological polar surface area (TPSA) is 37.5 Å². The van der Waals surface area contributed by atoms with Crippen LogP contribution in [0.3, 0.4) is 0 Å². The molecular formula is C13H13IN2O. The molecule has 88 valence electrons. The third kappa shape index (κ3) is 2.36. The lowest BCUT2D eigenvalue weighted by molar-refractivity contribution is 0.322. The highest BCUT2D eigenvalue weighted by Gasteiger charge is 2.09. The van der Waals surface area contributed by atoms with E-state index in [-0.39, 0.29) is 0 Å². The van der Waals surface area contributed by atoms with Gasteiger partial charge in [0.05, 0.1) is 6.21 Å². The minimum atomic E-state index is 0.934. The first-order valence-corrected chi connectivity index (χ1v) is 6.33. The van der Waals surface area contributed by atoms with Gasteiger partial charge in [-0.1, -0.05) is 5.16 Å². The Morgan fingerprint density at radius 2 is 1.88 bits per heavy atom. The zero-order chi connectivity index (χ0) is 12.4. The van der Waals surface area contributed by atoms with Gasteiger partial charge < -0.3 is 9.77 Å². The summed E-state index contributed by atoms with van der Waals surface area (Å²) in [7, 11) is 0. The largest absolute Gasteiger partial charge is 0.411 e. The average Bonchev–Trinajstić information content (AvgIpc) is 2.57. The molecule has 17 heavy (non-hydrogen) atoms. The molecule has 0 aliphatic carbocycles. The fraction of sp³-hybridized carbons (Fsp3) is 0.154. The van der Waals surface area contributed by atoms with Gasteiger partial charge in [-0.25, -0.2) is 0 Å². The molecular weight excluding hydrogens is 327 g/mol. The van der Waals surface area contributed by atoms with Gasteiger partial charge in [-0.2, -0.15) is 0 Å². The normalized spacial score (nSPS) is 11.2. The highest BCUT2D eigenvalue weighted by molar-refractivity contribution is 14.1. The number of hydrogen-bond donors (Lipinski definition) is 1. The van der Waals surface area contributed by atoms with Crippen LogP contribution in [0.25, 0.3) is 5.69 Å². The van der Waals surface area contributed by atoms with Gasteiger partial charge in [0, 0.05) is 26.2 Å². The average molecular weight is 340 g/mol. The maximum atomic E-state index is 8.61. The molecule has 0 saturated heterocycles. The maximum absolute atomic E-state index is 8.61. The van der Waals surface area contributed by atoms with Crippen LogP contribution < -0.4 is 0 Å². The minimum Gasteiger partial charge on any atom is -0.411 e. The molecule has 0 amide bonds. The fourth-order valence-corrected chi connectivity index (χ4v) is 2.33. The summed E-state index contributed by atoms with van der Waals surface area (Å²) in [5.74, 6) is 0. The second-order valence-electron chi connectivity index (χ2n) is 3.88. The van der Waals surface area contributed by atoms with Crippen LogP contribution in [-0.2, 0) is 0 Å². The summed E-state index contributed by atoms with van der Waals surface area (Å²) in [6.45, 7) is 4.06. The van der Waals surface area contributed by atoms with E-state index in [0.29, 0.717) is 0 Å². The molecule has 1 heterocycles. The molecule has 0 atom stereocenters. The van der Waals surface area contributed by atoms with Crippen LogP contribution >= 0.6 is 22.6 Å². The van der Waals surface area contributed by atoms with E-state index in [1.54, 1.807) is 0 Å². The Morgan fingerprint density at radius 3 is 2.47 bits per heavy atom. The number of nitrogens with zero attached hydrogens (tertiary/aromatic N) is 2. The van der Waals surface area contributed by atoms with E-state index in [1.807, 2.05) is 19.9 Å². The molecule has 2 rings (SSSR count). The number of hydrogen-bond acceptors (Lipinski definition) is 2. The SMILES string of the molecule is Cc1cc(/C=N\O)c(C)n1-c1ccc(I)cc1. The predicted molar refractivity (Wildman–Crippen MR) is 77.3 cm³/mol. The van der Waals surface area contributed by atoms with Crippen LogP contribution in [-0.4, -0.2) is 16.0 Å². The number of rotatable bonds is 2. The lowest BCUT2D eigenvalue weighted by atomic mass is 10.2. The molecule has 1 aromatic heterocycles. The molecule has 0 fully saturated rings. The Morgan fingerprint density at radius 1 is 1.24 bits per heavy atom. The first kappa shape index (κ1) is 12.2. The Hall–Kier alpha value is -1.30. The molecule has 4 heteroatoms. The van der Waals surface area contributed by atoms with E-state index in [1.165, 1.54) is 9.78 Å². The van der Waals surface area contributed by atoms with Crippen molar-refractivity contribution in [3.63, 3.8) is 0 Å². The number of aryl methyl sites for hydroxylation is 1. The van der Waals surface area contributed by atoms with E-state index in [0.717, 1.165) is 22.6 Å². The molecule has 3 nitrogen and oxygen atoms in total. The van der Waals surface area contributed by atoms with Gasteiger partial charge in [-0.05, 0) is 66.8 Å². The summed E-state index contributed by atoms with van der Waals surface area (Å²) >= 11 is 2.29. The molecule has 0 saturated carbocycles. The molecule has 0 bridgehead atoms. The smallest absolute Gasteiger partial charge is 0.0752 e. The lowest BCUT2D eigenvalue weighted by Gasteiger charge is -2.09. The summed E-state index contributed by atoms with van der Waals surface area (Å²) in [6.07, 6.45) is 1.46. The van der Waals surface area contributed by atoms with Crippen molar-refractivity contribution < 1.29 is 5.21 Å². The van der Waals surface area contributed by atoms with Crippen LogP contribution in [0.5, 0.6) is 0 Å². The van der Waals surface area contributed by atoms with Crippen molar-refractivity contribution in [1.29, 1.82) is 0 Å². The summed E-state index contributed by atoms with van der Waals surface area (Å²) in [4.78, 5) is 0. The highest BCUT2D eigenvalue weighted by atomic mass is 127. The molecule has 0 unspecified atom stereocenters. The molecule has 0 aliphatic rings. The van der Waals surface area contributed by atoms with Crippen molar-refractivity contribution in [3.8, 4) is 5.69 Å². The second-order valence-corrected chi connectivity index (χ2v) is 5.13. The van der Waals surface area contributed by atoms with Gasteiger partial charge >= 0.3 is 0 Å². The van der Waals surface area contributed by atoms with Gasteiger partial charge in [0.15, 0.2) is 0 Å². The zero-order valence-corrected chi connectivity index (χ0v) is 11.8. The molecule has 1 N–H and O–H groups in total. The molecule has 2 aromatic rings. The van der Waals surface area contributed by atoms with E-state index < -0.39 is 0 Å². The predicted octanol–water partition coefficient (Wildman–Crippen LogP) is 3.51. The van der Waals surface area contributed by atoms with Crippen molar-refractivity contribution in [2.45, 2.75) is 13.8 Å². The third-order valence-electron chi connectivity index (χ3n) is 2.75. The molecule has 1 aromatic carbocycles. The molecule has 0 spiro atoms. The minimum absolute atomic E-state index is 0.934. The summed E-state index contributed by atoms with van der Waals surface area (Å²) in [6, 6.07) is 10.3. The molecule has 0 aliphatic heterocycles. The van der Waals surface area contributed by atoms with Gasteiger partial charge in [0.1, 0.15) is 0 Å². The standard InChI is InChI=1S/C13H13IN2O/c1-9-7-11(8-15-17)10(2)16(9)13-5-3-12(14)4-6-13/h3-8,17H,1-2H3/b15-8-. The van der Waals surface area contributed by atoms with E-state index in [9.17, 15) is 0 Å². The van der Waals surface area contributed by atoms with Crippen molar-refractivity contribution in [2.24, 2.45) is 5.16 Å².